The van der Waals surface area contributed by atoms with Crippen LogP contribution in [0.3, 0.4) is 0 Å². The van der Waals surface area contributed by atoms with Crippen LogP contribution in [-0.4, -0.2) is 55.4 Å². The van der Waals surface area contributed by atoms with Crippen LogP contribution in [0.2, 0.25) is 0 Å². The third-order valence-electron chi connectivity index (χ3n) is 7.10. The highest BCUT2D eigenvalue weighted by Crippen LogP contribution is 2.39. The Balaban J connectivity index is 1.28. The minimum atomic E-state index is -3.09. The lowest BCUT2D eigenvalue weighted by Crippen LogP contribution is -2.20. The second-order valence-corrected chi connectivity index (χ2v) is 10.2. The lowest BCUT2D eigenvalue weighted by Gasteiger charge is -2.16. The van der Waals surface area contributed by atoms with Crippen LogP contribution >= 0.6 is 0 Å². The number of hydrogen-bond donors (Lipinski definition) is 1. The van der Waals surface area contributed by atoms with Gasteiger partial charge in [0.1, 0.15) is 22.7 Å². The van der Waals surface area contributed by atoms with Crippen molar-refractivity contribution < 1.29 is 27.8 Å². The fourth-order valence-corrected chi connectivity index (χ4v) is 4.87. The van der Waals surface area contributed by atoms with E-state index in [1.165, 1.54) is 24.1 Å². The normalized spacial score (nSPS) is 17.4. The number of ketones is 1. The number of fused-ring (bicyclic) bond motifs is 1. The maximum atomic E-state index is 14.4. The van der Waals surface area contributed by atoms with E-state index in [0.29, 0.717) is 59.7 Å². The van der Waals surface area contributed by atoms with Crippen molar-refractivity contribution in [3.63, 3.8) is 0 Å². The number of pyridine rings is 2. The number of halogens is 2. The minimum absolute atomic E-state index is 0.154. The molecule has 2 fully saturated rings. The summed E-state index contributed by atoms with van der Waals surface area (Å²) in [5.41, 5.74) is 1.33. The second kappa shape index (κ2) is 10.1. The SMILES string of the molecule is COc1c(Oc2ccnc(CC(=O)C3CC3)c2)cnc2nc(Nc3cc(C(C)(F)F)n(C4CCOC4)n3)n(C)c12. The first kappa shape index (κ1) is 26.1. The van der Waals surface area contributed by atoms with Gasteiger partial charge in [-0.25, -0.2) is 4.98 Å². The fourth-order valence-electron chi connectivity index (χ4n) is 4.87. The van der Waals surface area contributed by atoms with E-state index in [1.54, 1.807) is 29.9 Å². The first-order valence-electron chi connectivity index (χ1n) is 13.1. The van der Waals surface area contributed by atoms with Crippen LogP contribution in [0.4, 0.5) is 20.5 Å². The molecule has 1 saturated carbocycles. The summed E-state index contributed by atoms with van der Waals surface area (Å²) in [5.74, 6) is -0.968. The molecule has 1 N–H and O–H groups in total. The van der Waals surface area contributed by atoms with E-state index in [4.69, 9.17) is 14.2 Å². The molecule has 4 aromatic rings. The molecule has 5 heterocycles. The zero-order chi connectivity index (χ0) is 28.0. The number of nitrogens with zero attached hydrogens (tertiary/aromatic N) is 6. The third-order valence-corrected chi connectivity index (χ3v) is 7.10. The molecule has 1 saturated heterocycles. The van der Waals surface area contributed by atoms with Gasteiger partial charge in [0.15, 0.2) is 23.0 Å². The van der Waals surface area contributed by atoms with Crippen molar-refractivity contribution in [3.8, 4) is 17.2 Å². The molecule has 1 unspecified atom stereocenters. The molecule has 2 aliphatic rings. The number of Topliss-reactive ketones (excluding diaryl/α,β-unsaturated/α-hetero) is 1. The highest BCUT2D eigenvalue weighted by Gasteiger charge is 2.34. The summed E-state index contributed by atoms with van der Waals surface area (Å²) >= 11 is 0. The number of rotatable bonds is 10. The molecule has 0 bridgehead atoms. The number of hydrogen-bond acceptors (Lipinski definition) is 9. The monoisotopic (exact) mass is 553 g/mol. The quantitative estimate of drug-likeness (QED) is 0.298. The molecular weight excluding hydrogens is 524 g/mol. The number of nitrogens with one attached hydrogen (secondary N) is 1. The van der Waals surface area contributed by atoms with E-state index < -0.39 is 5.92 Å². The van der Waals surface area contributed by atoms with Crippen LogP contribution < -0.4 is 14.8 Å². The maximum absolute atomic E-state index is 14.4. The second-order valence-electron chi connectivity index (χ2n) is 10.2. The molecular formula is C27H29F2N7O4. The van der Waals surface area contributed by atoms with Crippen LogP contribution in [0, 0.1) is 5.92 Å². The van der Waals surface area contributed by atoms with Gasteiger partial charge in [-0.15, -0.1) is 0 Å². The smallest absolute Gasteiger partial charge is 0.286 e. The number of aromatic nitrogens is 6. The van der Waals surface area contributed by atoms with Crippen molar-refractivity contribution in [2.45, 2.75) is 44.6 Å². The molecule has 40 heavy (non-hydrogen) atoms. The summed E-state index contributed by atoms with van der Waals surface area (Å²) in [4.78, 5) is 25.5. The Morgan fingerprint density at radius 3 is 2.77 bits per heavy atom. The van der Waals surface area contributed by atoms with Crippen molar-refractivity contribution in [3.05, 3.63) is 42.0 Å². The molecule has 6 rings (SSSR count). The average molecular weight is 554 g/mol. The van der Waals surface area contributed by atoms with Crippen molar-refractivity contribution in [1.82, 2.24) is 29.3 Å². The number of imidazole rings is 1. The number of anilines is 2. The predicted octanol–water partition coefficient (Wildman–Crippen LogP) is 4.70. The molecule has 0 spiro atoms. The highest BCUT2D eigenvalue weighted by atomic mass is 19.3. The van der Waals surface area contributed by atoms with Gasteiger partial charge in [-0.1, -0.05) is 0 Å². The van der Waals surface area contributed by atoms with Crippen molar-refractivity contribution >= 4 is 28.7 Å². The number of ether oxygens (including phenoxy) is 3. The summed E-state index contributed by atoms with van der Waals surface area (Å²) in [5, 5.41) is 7.46. The van der Waals surface area contributed by atoms with Gasteiger partial charge < -0.3 is 24.1 Å². The number of aryl methyl sites for hydroxylation is 1. The van der Waals surface area contributed by atoms with Gasteiger partial charge in [0, 0.05) is 51.2 Å². The Bertz CT molecular complexity index is 1570. The van der Waals surface area contributed by atoms with Gasteiger partial charge in [0.2, 0.25) is 5.95 Å². The molecule has 1 atom stereocenters. The maximum Gasteiger partial charge on any atom is 0.286 e. The molecule has 0 radical (unpaired) electrons. The molecule has 1 aliphatic carbocycles. The summed E-state index contributed by atoms with van der Waals surface area (Å²) in [6.45, 7) is 1.68. The van der Waals surface area contributed by atoms with Gasteiger partial charge in [0.25, 0.3) is 5.92 Å². The van der Waals surface area contributed by atoms with Crippen LogP contribution in [0.1, 0.15) is 43.6 Å². The lowest BCUT2D eigenvalue weighted by molar-refractivity contribution is -0.119. The number of carbonyl (C=O) groups is 1. The molecule has 13 heteroatoms. The highest BCUT2D eigenvalue weighted by molar-refractivity contribution is 5.85. The van der Waals surface area contributed by atoms with Crippen molar-refractivity contribution in [1.29, 1.82) is 0 Å². The van der Waals surface area contributed by atoms with E-state index in [9.17, 15) is 13.6 Å². The predicted molar refractivity (Wildman–Crippen MR) is 140 cm³/mol. The van der Waals surface area contributed by atoms with Crippen LogP contribution in [0.5, 0.6) is 17.2 Å². The molecule has 0 aromatic carbocycles. The number of alkyl halides is 2. The van der Waals surface area contributed by atoms with Gasteiger partial charge in [0.05, 0.1) is 31.6 Å². The zero-order valence-electron chi connectivity index (χ0n) is 22.4. The van der Waals surface area contributed by atoms with Gasteiger partial charge in [-0.05, 0) is 25.3 Å². The van der Waals surface area contributed by atoms with Crippen LogP contribution in [0.15, 0.2) is 30.6 Å². The summed E-state index contributed by atoms with van der Waals surface area (Å²) in [6, 6.07) is 4.48. The topological polar surface area (TPSA) is 118 Å². The Kier molecular flexibility index (Phi) is 6.61. The third kappa shape index (κ3) is 5.08. The van der Waals surface area contributed by atoms with Crippen molar-refractivity contribution in [2.24, 2.45) is 13.0 Å². The molecule has 4 aromatic heterocycles. The fraction of sp³-hybridized carbons (Fsp3) is 0.444. The van der Waals surface area contributed by atoms with E-state index in [0.717, 1.165) is 19.8 Å². The van der Waals surface area contributed by atoms with Gasteiger partial charge >= 0.3 is 0 Å². The zero-order valence-corrected chi connectivity index (χ0v) is 22.4. The molecule has 210 valence electrons. The first-order valence-corrected chi connectivity index (χ1v) is 13.1. The van der Waals surface area contributed by atoms with E-state index in [2.05, 4.69) is 25.4 Å². The van der Waals surface area contributed by atoms with Crippen molar-refractivity contribution in [2.75, 3.05) is 25.6 Å². The molecule has 0 amide bonds. The lowest BCUT2D eigenvalue weighted by atomic mass is 10.1. The summed E-state index contributed by atoms with van der Waals surface area (Å²) in [7, 11) is 3.26. The average Bonchev–Trinajstić information content (AvgIpc) is 3.31. The Morgan fingerprint density at radius 1 is 1.25 bits per heavy atom. The Morgan fingerprint density at radius 2 is 2.08 bits per heavy atom. The van der Waals surface area contributed by atoms with Gasteiger partial charge in [-0.3, -0.25) is 14.5 Å². The number of carbonyl (C=O) groups excluding carboxylic acids is 1. The van der Waals surface area contributed by atoms with Crippen LogP contribution in [-0.2, 0) is 28.9 Å². The molecule has 11 nitrogen and oxygen atoms in total. The Labute approximate surface area is 228 Å². The minimum Gasteiger partial charge on any atom is -0.491 e. The van der Waals surface area contributed by atoms with Gasteiger partial charge in [-0.2, -0.15) is 18.9 Å². The Hall–Kier alpha value is -4.13. The van der Waals surface area contributed by atoms with E-state index in [-0.39, 0.29) is 35.7 Å². The summed E-state index contributed by atoms with van der Waals surface area (Å²) < 4.78 is 49.0. The first-order chi connectivity index (χ1) is 19.2. The van der Waals surface area contributed by atoms with E-state index >= 15 is 0 Å². The largest absolute Gasteiger partial charge is 0.491 e. The standard InChI is InChI=1S/C27H29F2N7O4/c1-27(28,29)21-12-22(34-36(21)17-7-9-39-14-17)32-26-33-25-23(35(26)2)24(38-3)20(13-31-25)40-18-6-8-30-16(10-18)11-19(37)15-4-5-15/h6,8,10,12-13,15,17H,4-5,7,9,11,14H2,1-3H3,(H,31,32,33,34). The van der Waals surface area contributed by atoms with Crippen LogP contribution in [0.25, 0.3) is 11.2 Å². The number of methoxy groups -OCH3 is 1. The van der Waals surface area contributed by atoms with E-state index in [1.807, 2.05) is 0 Å². The summed E-state index contributed by atoms with van der Waals surface area (Å²) in [6.07, 6.45) is 5.86. The molecule has 1 aliphatic heterocycles.